The third kappa shape index (κ3) is 4.19. The van der Waals surface area contributed by atoms with E-state index in [1.54, 1.807) is 24.3 Å². The van der Waals surface area contributed by atoms with E-state index in [1.807, 2.05) is 66.7 Å². The van der Waals surface area contributed by atoms with Crippen LogP contribution < -0.4 is 4.74 Å². The number of rotatable bonds is 5. The van der Waals surface area contributed by atoms with Crippen molar-refractivity contribution in [3.63, 3.8) is 0 Å². The van der Waals surface area contributed by atoms with Crippen molar-refractivity contribution >= 4 is 17.8 Å². The number of amides is 1. The normalized spacial score (nSPS) is 16.4. The highest BCUT2D eigenvalue weighted by Gasteiger charge is 2.37. The fourth-order valence-corrected chi connectivity index (χ4v) is 3.25. The zero-order chi connectivity index (χ0) is 20.1. The molecule has 0 unspecified atom stereocenters. The summed E-state index contributed by atoms with van der Waals surface area (Å²) in [5, 5.41) is 0. The van der Waals surface area contributed by atoms with Crippen LogP contribution >= 0.6 is 0 Å². The molecule has 0 saturated carbocycles. The van der Waals surface area contributed by atoms with Gasteiger partial charge in [-0.25, -0.2) is 9.59 Å². The first-order valence-corrected chi connectivity index (χ1v) is 9.27. The quantitative estimate of drug-likeness (QED) is 0.359. The summed E-state index contributed by atoms with van der Waals surface area (Å²) >= 11 is 0. The van der Waals surface area contributed by atoms with Gasteiger partial charge in [-0.3, -0.25) is 4.90 Å². The molecular weight excluding hydrogens is 366 g/mol. The minimum absolute atomic E-state index is 0.209. The Balaban J connectivity index is 1.72. The predicted octanol–water partition coefficient (Wildman–Crippen LogP) is 4.83. The summed E-state index contributed by atoms with van der Waals surface area (Å²) in [5.74, 6) is -0.133. The van der Waals surface area contributed by atoms with Crippen molar-refractivity contribution < 1.29 is 19.1 Å². The van der Waals surface area contributed by atoms with Gasteiger partial charge in [0, 0.05) is 6.08 Å². The van der Waals surface area contributed by atoms with Crippen molar-refractivity contribution in [2.45, 2.75) is 6.04 Å². The number of nitrogens with zero attached hydrogens (tertiary/aromatic N) is 1. The molecule has 1 aliphatic heterocycles. The maximum Gasteiger partial charge on any atom is 0.415 e. The second kappa shape index (κ2) is 8.44. The van der Waals surface area contributed by atoms with Crippen LogP contribution in [-0.2, 0) is 9.53 Å². The van der Waals surface area contributed by atoms with E-state index in [0.29, 0.717) is 11.4 Å². The molecule has 0 radical (unpaired) electrons. The first-order chi connectivity index (χ1) is 14.2. The molecule has 144 valence electrons. The average molecular weight is 385 g/mol. The number of ether oxygens (including phenoxy) is 2. The molecule has 0 aromatic heterocycles. The molecule has 0 aliphatic carbocycles. The number of carbonyl (C=O) groups is 2. The monoisotopic (exact) mass is 385 g/mol. The molecule has 1 amide bonds. The van der Waals surface area contributed by atoms with E-state index in [2.05, 4.69) is 0 Å². The average Bonchev–Trinajstić information content (AvgIpc) is 3.15. The van der Waals surface area contributed by atoms with Gasteiger partial charge >= 0.3 is 12.1 Å². The Hall–Kier alpha value is -3.86. The van der Waals surface area contributed by atoms with Crippen LogP contribution in [0.25, 0.3) is 5.70 Å². The maximum absolute atomic E-state index is 12.6. The van der Waals surface area contributed by atoms with Crippen molar-refractivity contribution in [2.24, 2.45) is 0 Å². The smallest absolute Gasteiger partial charge is 0.415 e. The minimum Gasteiger partial charge on any atom is -0.447 e. The topological polar surface area (TPSA) is 55.8 Å². The highest BCUT2D eigenvalue weighted by atomic mass is 16.6. The molecule has 29 heavy (non-hydrogen) atoms. The first-order valence-electron chi connectivity index (χ1n) is 9.27. The van der Waals surface area contributed by atoms with Crippen LogP contribution in [-0.4, -0.2) is 23.6 Å². The number of esters is 1. The number of carbonyl (C=O) groups excluding carboxylic acids is 2. The van der Waals surface area contributed by atoms with Crippen LogP contribution in [0.5, 0.6) is 5.75 Å². The number of hydrogen-bond acceptors (Lipinski definition) is 4. The Bertz CT molecular complexity index is 1020. The lowest BCUT2D eigenvalue weighted by Crippen LogP contribution is -2.27. The standard InChI is InChI=1S/C24H19NO4/c26-23(29-20-14-8-3-9-15-20)16-21(18-10-4-1-5-11-18)25-22(17-28-24(25)27)19-12-6-2-7-13-19/h1-16,22H,17H2/t22-/m0/s1. The Morgan fingerprint density at radius 1 is 0.897 bits per heavy atom. The summed E-state index contributed by atoms with van der Waals surface area (Å²) in [4.78, 5) is 26.8. The number of hydrogen-bond donors (Lipinski definition) is 0. The summed E-state index contributed by atoms with van der Waals surface area (Å²) < 4.78 is 10.7. The molecule has 1 saturated heterocycles. The van der Waals surface area contributed by atoms with Gasteiger partial charge in [0.25, 0.3) is 0 Å². The van der Waals surface area contributed by atoms with E-state index in [-0.39, 0.29) is 12.6 Å². The first kappa shape index (κ1) is 18.5. The molecule has 3 aromatic rings. The summed E-state index contributed by atoms with van der Waals surface area (Å²) in [7, 11) is 0. The van der Waals surface area contributed by atoms with Gasteiger partial charge < -0.3 is 9.47 Å². The molecule has 3 aromatic carbocycles. The van der Waals surface area contributed by atoms with Gasteiger partial charge in [0.1, 0.15) is 12.4 Å². The lowest BCUT2D eigenvalue weighted by Gasteiger charge is -2.24. The van der Waals surface area contributed by atoms with Crippen molar-refractivity contribution in [2.75, 3.05) is 6.61 Å². The van der Waals surface area contributed by atoms with Gasteiger partial charge in [0.15, 0.2) is 0 Å². The van der Waals surface area contributed by atoms with E-state index >= 15 is 0 Å². The summed E-state index contributed by atoms with van der Waals surface area (Å²) in [5.41, 5.74) is 2.08. The molecule has 0 spiro atoms. The van der Waals surface area contributed by atoms with Crippen LogP contribution in [0.1, 0.15) is 17.2 Å². The SMILES string of the molecule is O=C(C=C(c1ccccc1)N1C(=O)OC[C@H]1c1ccccc1)Oc1ccccc1. The molecule has 5 nitrogen and oxygen atoms in total. The zero-order valence-corrected chi connectivity index (χ0v) is 15.6. The number of cyclic esters (lactones) is 1. The van der Waals surface area contributed by atoms with E-state index in [0.717, 1.165) is 11.1 Å². The molecule has 1 heterocycles. The third-order valence-electron chi connectivity index (χ3n) is 4.60. The second-order valence-electron chi connectivity index (χ2n) is 6.50. The molecule has 0 N–H and O–H groups in total. The summed E-state index contributed by atoms with van der Waals surface area (Å²) in [6.07, 6.45) is 0.840. The molecular formula is C24H19NO4. The number of para-hydroxylation sites is 1. The second-order valence-corrected chi connectivity index (χ2v) is 6.50. The van der Waals surface area contributed by atoms with Crippen LogP contribution in [0.4, 0.5) is 4.79 Å². The van der Waals surface area contributed by atoms with Gasteiger partial charge in [-0.15, -0.1) is 0 Å². The summed E-state index contributed by atoms with van der Waals surface area (Å²) in [6.45, 7) is 0.209. The highest BCUT2D eigenvalue weighted by Crippen LogP contribution is 2.35. The minimum atomic E-state index is -0.568. The largest absolute Gasteiger partial charge is 0.447 e. The number of benzene rings is 3. The van der Waals surface area contributed by atoms with E-state index in [1.165, 1.54) is 11.0 Å². The van der Waals surface area contributed by atoms with E-state index < -0.39 is 12.1 Å². The van der Waals surface area contributed by atoms with Crippen molar-refractivity contribution in [3.8, 4) is 5.75 Å². The third-order valence-corrected chi connectivity index (χ3v) is 4.60. The van der Waals surface area contributed by atoms with Crippen LogP contribution in [0, 0.1) is 0 Å². The Labute approximate surface area is 168 Å². The fraction of sp³-hybridized carbons (Fsp3) is 0.0833. The summed E-state index contributed by atoms with van der Waals surface area (Å²) in [6, 6.07) is 27.3. The van der Waals surface area contributed by atoms with Gasteiger partial charge in [-0.2, -0.15) is 0 Å². The van der Waals surface area contributed by atoms with E-state index in [9.17, 15) is 9.59 Å². The molecule has 1 atom stereocenters. The molecule has 1 aliphatic rings. The van der Waals surface area contributed by atoms with Crippen molar-refractivity contribution in [1.82, 2.24) is 4.90 Å². The van der Waals surface area contributed by atoms with Gasteiger partial charge in [0.2, 0.25) is 0 Å². The Morgan fingerprint density at radius 2 is 1.48 bits per heavy atom. The maximum atomic E-state index is 12.6. The Kier molecular flexibility index (Phi) is 5.38. The van der Waals surface area contributed by atoms with Gasteiger partial charge in [0.05, 0.1) is 11.7 Å². The van der Waals surface area contributed by atoms with Crippen molar-refractivity contribution in [3.05, 3.63) is 108 Å². The molecule has 4 rings (SSSR count). The van der Waals surface area contributed by atoms with Crippen LogP contribution in [0.3, 0.4) is 0 Å². The molecule has 5 heteroatoms. The van der Waals surface area contributed by atoms with Crippen LogP contribution in [0.15, 0.2) is 97.1 Å². The zero-order valence-electron chi connectivity index (χ0n) is 15.6. The van der Waals surface area contributed by atoms with Gasteiger partial charge in [-0.05, 0) is 23.3 Å². The molecule has 0 bridgehead atoms. The van der Waals surface area contributed by atoms with Crippen molar-refractivity contribution in [1.29, 1.82) is 0 Å². The Morgan fingerprint density at radius 3 is 2.14 bits per heavy atom. The fourth-order valence-electron chi connectivity index (χ4n) is 3.25. The predicted molar refractivity (Wildman–Crippen MR) is 109 cm³/mol. The van der Waals surface area contributed by atoms with E-state index in [4.69, 9.17) is 9.47 Å². The highest BCUT2D eigenvalue weighted by molar-refractivity contribution is 5.96. The molecule has 1 fully saturated rings. The lowest BCUT2D eigenvalue weighted by molar-refractivity contribution is -0.128. The van der Waals surface area contributed by atoms with Crippen LogP contribution in [0.2, 0.25) is 0 Å². The lowest BCUT2D eigenvalue weighted by atomic mass is 10.0. The van der Waals surface area contributed by atoms with Gasteiger partial charge in [-0.1, -0.05) is 78.9 Å².